The molecule has 3 amide bonds. The van der Waals surface area contributed by atoms with Crippen LogP contribution in [0.3, 0.4) is 0 Å². The number of hydrogen-bond donors (Lipinski definition) is 1. The van der Waals surface area contributed by atoms with E-state index in [2.05, 4.69) is 5.32 Å². The van der Waals surface area contributed by atoms with E-state index in [1.54, 1.807) is 34.1 Å². The molecule has 2 fully saturated rings. The number of amides is 3. The summed E-state index contributed by atoms with van der Waals surface area (Å²) in [5.74, 6) is -0.721. The molecule has 2 aliphatic heterocycles. The Kier molecular flexibility index (Phi) is 5.52. The van der Waals surface area contributed by atoms with E-state index >= 15 is 0 Å². The molecule has 7 nitrogen and oxygen atoms in total. The van der Waals surface area contributed by atoms with Crippen molar-refractivity contribution in [2.75, 3.05) is 31.5 Å². The van der Waals surface area contributed by atoms with E-state index < -0.39 is 5.91 Å². The number of anilines is 1. The number of rotatable bonds is 4. The van der Waals surface area contributed by atoms with Gasteiger partial charge in [0.05, 0.1) is 6.07 Å². The van der Waals surface area contributed by atoms with Crippen LogP contribution in [-0.2, 0) is 4.79 Å². The average Bonchev–Trinajstić information content (AvgIpc) is 3.34. The van der Waals surface area contributed by atoms with Gasteiger partial charge in [0, 0.05) is 43.0 Å². The zero-order valence-electron chi connectivity index (χ0n) is 14.7. The molecule has 0 bridgehead atoms. The van der Waals surface area contributed by atoms with Crippen molar-refractivity contribution in [1.29, 1.82) is 5.26 Å². The zero-order chi connectivity index (χ0) is 18.5. The highest BCUT2D eigenvalue weighted by Crippen LogP contribution is 2.22. The van der Waals surface area contributed by atoms with Crippen LogP contribution in [0.4, 0.5) is 5.69 Å². The minimum atomic E-state index is -0.460. The van der Waals surface area contributed by atoms with Crippen molar-refractivity contribution in [3.05, 3.63) is 29.3 Å². The predicted octanol–water partition coefficient (Wildman–Crippen LogP) is 2.01. The molecule has 2 aliphatic rings. The normalized spacial score (nSPS) is 16.4. The first-order valence-electron chi connectivity index (χ1n) is 8.99. The Labute approximate surface area is 152 Å². The standard InChI is InChI=1S/C19H22N4O3/c20-6-5-17(24)21-16-12-14(18(25)22-7-1-2-8-22)11-15(13-16)19(26)23-9-3-4-10-23/h11-13H,1-5,7-10H2,(H,21,24). The first-order valence-corrected chi connectivity index (χ1v) is 8.99. The van der Waals surface area contributed by atoms with Gasteiger partial charge in [-0.15, -0.1) is 0 Å². The maximum Gasteiger partial charge on any atom is 0.253 e. The van der Waals surface area contributed by atoms with Gasteiger partial charge in [-0.1, -0.05) is 0 Å². The van der Waals surface area contributed by atoms with Gasteiger partial charge >= 0.3 is 0 Å². The number of hydrogen-bond acceptors (Lipinski definition) is 4. The SMILES string of the molecule is N#CCC(=O)Nc1cc(C(=O)N2CCCC2)cc(C(=O)N2CCCC2)c1. The molecule has 0 aromatic heterocycles. The Hall–Kier alpha value is -2.88. The topological polar surface area (TPSA) is 93.5 Å². The molecule has 26 heavy (non-hydrogen) atoms. The number of likely N-dealkylation sites (tertiary alicyclic amines) is 2. The van der Waals surface area contributed by atoms with Crippen LogP contribution in [-0.4, -0.2) is 53.7 Å². The quantitative estimate of drug-likeness (QED) is 0.895. The van der Waals surface area contributed by atoms with Crippen molar-refractivity contribution in [3.63, 3.8) is 0 Å². The van der Waals surface area contributed by atoms with Crippen molar-refractivity contribution in [3.8, 4) is 6.07 Å². The van der Waals surface area contributed by atoms with Crippen molar-refractivity contribution in [2.45, 2.75) is 32.1 Å². The molecule has 0 radical (unpaired) electrons. The van der Waals surface area contributed by atoms with Gasteiger partial charge in [-0.05, 0) is 43.9 Å². The lowest BCUT2D eigenvalue weighted by Gasteiger charge is -2.19. The monoisotopic (exact) mass is 354 g/mol. The van der Waals surface area contributed by atoms with Crippen molar-refractivity contribution in [2.24, 2.45) is 0 Å². The lowest BCUT2D eigenvalue weighted by Crippen LogP contribution is -2.30. The van der Waals surface area contributed by atoms with Crippen LogP contribution in [0.15, 0.2) is 18.2 Å². The number of nitrogens with zero attached hydrogens (tertiary/aromatic N) is 3. The van der Waals surface area contributed by atoms with Crippen molar-refractivity contribution in [1.82, 2.24) is 9.80 Å². The zero-order valence-corrected chi connectivity index (χ0v) is 14.7. The molecule has 3 rings (SSSR count). The van der Waals surface area contributed by atoms with E-state index in [0.29, 0.717) is 43.0 Å². The number of benzene rings is 1. The fraction of sp³-hybridized carbons (Fsp3) is 0.474. The van der Waals surface area contributed by atoms with E-state index in [1.807, 2.05) is 0 Å². The number of nitrogens with one attached hydrogen (secondary N) is 1. The number of carbonyl (C=O) groups excluding carboxylic acids is 3. The Morgan fingerprint density at radius 2 is 1.35 bits per heavy atom. The first kappa shape index (κ1) is 17.9. The van der Waals surface area contributed by atoms with Crippen molar-refractivity contribution < 1.29 is 14.4 Å². The van der Waals surface area contributed by atoms with Crippen LogP contribution in [0.2, 0.25) is 0 Å². The van der Waals surface area contributed by atoms with Crippen LogP contribution in [0.5, 0.6) is 0 Å². The average molecular weight is 354 g/mol. The van der Waals surface area contributed by atoms with Gasteiger partial charge in [-0.25, -0.2) is 0 Å². The Balaban J connectivity index is 1.90. The van der Waals surface area contributed by atoms with Gasteiger partial charge in [-0.3, -0.25) is 14.4 Å². The lowest BCUT2D eigenvalue weighted by atomic mass is 10.1. The molecule has 2 heterocycles. The van der Waals surface area contributed by atoms with Crippen LogP contribution >= 0.6 is 0 Å². The summed E-state index contributed by atoms with van der Waals surface area (Å²) in [7, 11) is 0. The smallest absolute Gasteiger partial charge is 0.253 e. The van der Waals surface area contributed by atoms with Crippen LogP contribution < -0.4 is 5.32 Å². The van der Waals surface area contributed by atoms with E-state index in [0.717, 1.165) is 25.7 Å². The summed E-state index contributed by atoms with van der Waals surface area (Å²) in [5, 5.41) is 11.3. The Bertz CT molecular complexity index is 710. The summed E-state index contributed by atoms with van der Waals surface area (Å²) < 4.78 is 0. The third-order valence-electron chi connectivity index (χ3n) is 4.74. The van der Waals surface area contributed by atoms with Crippen molar-refractivity contribution >= 4 is 23.4 Å². The van der Waals surface area contributed by atoms with Gasteiger partial charge in [-0.2, -0.15) is 5.26 Å². The highest BCUT2D eigenvalue weighted by Gasteiger charge is 2.24. The second-order valence-corrected chi connectivity index (χ2v) is 6.68. The summed E-state index contributed by atoms with van der Waals surface area (Å²) in [6.45, 7) is 2.83. The molecule has 0 spiro atoms. The van der Waals surface area contributed by atoms with E-state index in [9.17, 15) is 14.4 Å². The molecule has 0 atom stereocenters. The highest BCUT2D eigenvalue weighted by atomic mass is 16.2. The number of carbonyl (C=O) groups is 3. The maximum atomic E-state index is 12.7. The molecule has 136 valence electrons. The Morgan fingerprint density at radius 1 is 0.885 bits per heavy atom. The molecule has 2 saturated heterocycles. The summed E-state index contributed by atoms with van der Waals surface area (Å²) in [4.78, 5) is 40.8. The van der Waals surface area contributed by atoms with Gasteiger partial charge < -0.3 is 15.1 Å². The van der Waals surface area contributed by atoms with Crippen LogP contribution in [0, 0.1) is 11.3 Å². The first-order chi connectivity index (χ1) is 12.6. The van der Waals surface area contributed by atoms with Gasteiger partial charge in [0.1, 0.15) is 6.42 Å². The molecular formula is C19H22N4O3. The summed E-state index contributed by atoms with van der Waals surface area (Å²) >= 11 is 0. The fourth-order valence-electron chi connectivity index (χ4n) is 3.43. The van der Waals surface area contributed by atoms with Gasteiger partial charge in [0.25, 0.3) is 11.8 Å². The van der Waals surface area contributed by atoms with Crippen LogP contribution in [0.1, 0.15) is 52.8 Å². The van der Waals surface area contributed by atoms with E-state index in [4.69, 9.17) is 5.26 Å². The Morgan fingerprint density at radius 3 is 1.77 bits per heavy atom. The molecule has 0 saturated carbocycles. The largest absolute Gasteiger partial charge is 0.339 e. The lowest BCUT2D eigenvalue weighted by molar-refractivity contribution is -0.115. The third kappa shape index (κ3) is 4.02. The van der Waals surface area contributed by atoms with E-state index in [1.165, 1.54) is 0 Å². The molecule has 1 N–H and O–H groups in total. The van der Waals surface area contributed by atoms with Gasteiger partial charge in [0.15, 0.2) is 0 Å². The molecule has 1 aromatic carbocycles. The van der Waals surface area contributed by atoms with Gasteiger partial charge in [0.2, 0.25) is 5.91 Å². The molecular weight excluding hydrogens is 332 g/mol. The summed E-state index contributed by atoms with van der Waals surface area (Å²) in [6, 6.07) is 6.56. The second-order valence-electron chi connectivity index (χ2n) is 6.68. The fourth-order valence-corrected chi connectivity index (χ4v) is 3.43. The number of nitriles is 1. The minimum Gasteiger partial charge on any atom is -0.339 e. The third-order valence-corrected chi connectivity index (χ3v) is 4.74. The summed E-state index contributed by atoms with van der Waals surface area (Å²) in [5.41, 5.74) is 1.16. The van der Waals surface area contributed by atoms with E-state index in [-0.39, 0.29) is 18.2 Å². The predicted molar refractivity (Wildman–Crippen MR) is 95.6 cm³/mol. The molecule has 7 heteroatoms. The molecule has 1 aromatic rings. The summed E-state index contributed by atoms with van der Waals surface area (Å²) in [6.07, 6.45) is 3.63. The maximum absolute atomic E-state index is 12.7. The highest BCUT2D eigenvalue weighted by molar-refractivity contribution is 6.03. The molecule has 0 aliphatic carbocycles. The minimum absolute atomic E-state index is 0.130. The second kappa shape index (κ2) is 8.00. The molecule has 0 unspecified atom stereocenters. The van der Waals surface area contributed by atoms with Crippen LogP contribution in [0.25, 0.3) is 0 Å².